The molecule has 0 aromatic rings. The van der Waals surface area contributed by atoms with Crippen LogP contribution in [0.2, 0.25) is 0 Å². The molecule has 5 atom stereocenters. The van der Waals surface area contributed by atoms with Crippen LogP contribution in [0.5, 0.6) is 0 Å². The van der Waals surface area contributed by atoms with E-state index >= 15 is 0 Å². The fraction of sp³-hybridized carbons (Fsp3) is 0.500. The van der Waals surface area contributed by atoms with Crippen molar-refractivity contribution in [1.29, 1.82) is 0 Å². The van der Waals surface area contributed by atoms with E-state index in [1.165, 1.54) is 21.0 Å². The SMILES string of the molecule is C=C1C(OC(C)=O)C2(C(=O)N1OC)C1OC(C=C1OC(C)=O)C2C=CC. The van der Waals surface area contributed by atoms with Crippen LogP contribution in [0.25, 0.3) is 0 Å². The van der Waals surface area contributed by atoms with Crippen molar-refractivity contribution in [2.75, 3.05) is 7.11 Å². The van der Waals surface area contributed by atoms with Gasteiger partial charge in [0.25, 0.3) is 5.91 Å². The average Bonchev–Trinajstić information content (AvgIpc) is 3.14. The van der Waals surface area contributed by atoms with Crippen molar-refractivity contribution in [2.24, 2.45) is 11.3 Å². The molecule has 3 aliphatic heterocycles. The highest BCUT2D eigenvalue weighted by Crippen LogP contribution is 2.60. The van der Waals surface area contributed by atoms with Crippen LogP contribution >= 0.6 is 0 Å². The molecule has 0 N–H and O–H groups in total. The molecule has 140 valence electrons. The quantitative estimate of drug-likeness (QED) is 0.548. The van der Waals surface area contributed by atoms with E-state index < -0.39 is 47.5 Å². The predicted octanol–water partition coefficient (Wildman–Crippen LogP) is 1.24. The number of hydrogen-bond acceptors (Lipinski definition) is 7. The Kier molecular flexibility index (Phi) is 4.49. The summed E-state index contributed by atoms with van der Waals surface area (Å²) in [6, 6.07) is 0. The fourth-order valence-corrected chi connectivity index (χ4v) is 4.12. The highest BCUT2D eigenvalue weighted by atomic mass is 16.7. The van der Waals surface area contributed by atoms with Gasteiger partial charge >= 0.3 is 11.9 Å². The zero-order chi connectivity index (χ0) is 19.2. The largest absolute Gasteiger partial charge is 0.455 e. The third-order valence-electron chi connectivity index (χ3n) is 4.90. The minimum atomic E-state index is -1.35. The molecule has 0 radical (unpaired) electrons. The Balaban J connectivity index is 2.17. The molecule has 26 heavy (non-hydrogen) atoms. The first kappa shape index (κ1) is 18.3. The molecule has 0 saturated carbocycles. The maximum Gasteiger partial charge on any atom is 0.307 e. The van der Waals surface area contributed by atoms with Crippen LogP contribution in [-0.4, -0.2) is 48.3 Å². The molecule has 2 bridgehead atoms. The summed E-state index contributed by atoms with van der Waals surface area (Å²) in [5.41, 5.74) is -1.16. The number of hydroxylamine groups is 2. The number of rotatable bonds is 4. The van der Waals surface area contributed by atoms with Gasteiger partial charge in [-0.2, -0.15) is 5.06 Å². The molecule has 5 unspecified atom stereocenters. The molecule has 2 saturated heterocycles. The summed E-state index contributed by atoms with van der Waals surface area (Å²) in [6.45, 7) is 8.21. The van der Waals surface area contributed by atoms with Crippen LogP contribution in [0.3, 0.4) is 0 Å². The van der Waals surface area contributed by atoms with Crippen LogP contribution in [0.15, 0.2) is 36.3 Å². The fourth-order valence-electron chi connectivity index (χ4n) is 4.12. The normalized spacial score (nSPS) is 35.5. The van der Waals surface area contributed by atoms with Gasteiger partial charge in [0.15, 0.2) is 6.10 Å². The lowest BCUT2D eigenvalue weighted by Gasteiger charge is -2.37. The van der Waals surface area contributed by atoms with E-state index in [-0.39, 0.29) is 11.5 Å². The summed E-state index contributed by atoms with van der Waals surface area (Å²) < 4.78 is 16.7. The summed E-state index contributed by atoms with van der Waals surface area (Å²) in [4.78, 5) is 41.7. The van der Waals surface area contributed by atoms with Gasteiger partial charge in [-0.1, -0.05) is 18.7 Å². The topological polar surface area (TPSA) is 91.4 Å². The number of carbonyl (C=O) groups excluding carboxylic acids is 3. The van der Waals surface area contributed by atoms with Crippen molar-refractivity contribution in [3.05, 3.63) is 36.3 Å². The highest BCUT2D eigenvalue weighted by molar-refractivity contribution is 5.91. The number of fused-ring (bicyclic) bond motifs is 3. The van der Waals surface area contributed by atoms with Crippen molar-refractivity contribution in [3.8, 4) is 0 Å². The van der Waals surface area contributed by atoms with Gasteiger partial charge in [-0.15, -0.1) is 0 Å². The third kappa shape index (κ3) is 2.33. The Hall–Kier alpha value is -2.45. The summed E-state index contributed by atoms with van der Waals surface area (Å²) in [7, 11) is 1.33. The number of nitrogens with zero attached hydrogens (tertiary/aromatic N) is 1. The standard InChI is InChI=1S/C18H21NO7/c1-6-7-12-13-8-14(24-10(3)20)16(26-13)18(12)15(25-11(4)21)9(2)19(23-5)17(18)22/h6-8,12-13,15-16H,2H2,1,3-5H3. The number of allylic oxidation sites excluding steroid dienone is 1. The van der Waals surface area contributed by atoms with E-state index in [1.807, 2.05) is 13.0 Å². The Morgan fingerprint density at radius 1 is 1.35 bits per heavy atom. The second-order valence-corrected chi connectivity index (χ2v) is 6.39. The van der Waals surface area contributed by atoms with Gasteiger partial charge in [0.05, 0.1) is 18.9 Å². The predicted molar refractivity (Wildman–Crippen MR) is 87.8 cm³/mol. The van der Waals surface area contributed by atoms with E-state index in [0.29, 0.717) is 0 Å². The summed E-state index contributed by atoms with van der Waals surface area (Å²) >= 11 is 0. The van der Waals surface area contributed by atoms with Gasteiger partial charge in [0, 0.05) is 19.8 Å². The van der Waals surface area contributed by atoms with Crippen LogP contribution in [0.4, 0.5) is 0 Å². The number of amides is 1. The summed E-state index contributed by atoms with van der Waals surface area (Å²) in [5.74, 6) is -1.75. The highest BCUT2D eigenvalue weighted by Gasteiger charge is 2.74. The van der Waals surface area contributed by atoms with Crippen molar-refractivity contribution >= 4 is 17.8 Å². The molecule has 1 amide bonds. The Labute approximate surface area is 151 Å². The molecule has 8 heteroatoms. The van der Waals surface area contributed by atoms with Crippen LogP contribution < -0.4 is 0 Å². The van der Waals surface area contributed by atoms with Gasteiger partial charge in [-0.05, 0) is 13.0 Å². The molecule has 3 rings (SSSR count). The zero-order valence-corrected chi connectivity index (χ0v) is 15.1. The molecule has 0 aromatic heterocycles. The second kappa shape index (κ2) is 6.37. The number of ether oxygens (including phenoxy) is 3. The molecule has 1 spiro atoms. The third-order valence-corrected chi connectivity index (χ3v) is 4.90. The minimum Gasteiger partial charge on any atom is -0.455 e. The van der Waals surface area contributed by atoms with Gasteiger partial charge in [-0.3, -0.25) is 19.2 Å². The molecule has 8 nitrogen and oxygen atoms in total. The van der Waals surface area contributed by atoms with Crippen molar-refractivity contribution in [3.63, 3.8) is 0 Å². The Morgan fingerprint density at radius 2 is 2.04 bits per heavy atom. The van der Waals surface area contributed by atoms with Gasteiger partial charge in [-0.25, -0.2) is 0 Å². The van der Waals surface area contributed by atoms with Crippen molar-refractivity contribution < 1.29 is 33.4 Å². The monoisotopic (exact) mass is 363 g/mol. The van der Waals surface area contributed by atoms with Crippen LogP contribution in [-0.2, 0) is 33.4 Å². The minimum absolute atomic E-state index is 0.195. The molecular formula is C18H21NO7. The Morgan fingerprint density at radius 3 is 2.58 bits per heavy atom. The first-order valence-corrected chi connectivity index (χ1v) is 8.22. The first-order valence-electron chi connectivity index (χ1n) is 8.22. The molecule has 3 heterocycles. The van der Waals surface area contributed by atoms with E-state index in [9.17, 15) is 14.4 Å². The van der Waals surface area contributed by atoms with E-state index in [2.05, 4.69) is 6.58 Å². The smallest absolute Gasteiger partial charge is 0.307 e. The summed E-state index contributed by atoms with van der Waals surface area (Å²) in [6.07, 6.45) is 2.89. The van der Waals surface area contributed by atoms with Crippen molar-refractivity contribution in [1.82, 2.24) is 5.06 Å². The maximum absolute atomic E-state index is 13.3. The number of hydrogen-bond donors (Lipinski definition) is 0. The molecule has 0 aromatic carbocycles. The molecule has 3 aliphatic rings. The van der Waals surface area contributed by atoms with Gasteiger partial charge in [0.2, 0.25) is 0 Å². The van der Waals surface area contributed by atoms with E-state index in [4.69, 9.17) is 19.0 Å². The van der Waals surface area contributed by atoms with Crippen molar-refractivity contribution in [2.45, 2.75) is 39.1 Å². The summed E-state index contributed by atoms with van der Waals surface area (Å²) in [5, 5.41) is 1.01. The van der Waals surface area contributed by atoms with Gasteiger partial charge in [0.1, 0.15) is 17.3 Å². The van der Waals surface area contributed by atoms with E-state index in [0.717, 1.165) is 5.06 Å². The molecule has 0 aliphatic carbocycles. The Bertz CT molecular complexity index is 740. The lowest BCUT2D eigenvalue weighted by Crippen LogP contribution is -2.53. The van der Waals surface area contributed by atoms with E-state index in [1.54, 1.807) is 12.2 Å². The first-order chi connectivity index (χ1) is 12.3. The maximum atomic E-state index is 13.3. The van der Waals surface area contributed by atoms with Crippen LogP contribution in [0, 0.1) is 11.3 Å². The lowest BCUT2D eigenvalue weighted by molar-refractivity contribution is -0.172. The zero-order valence-electron chi connectivity index (χ0n) is 15.1. The lowest BCUT2D eigenvalue weighted by atomic mass is 9.65. The average molecular weight is 363 g/mol. The molecular weight excluding hydrogens is 342 g/mol. The van der Waals surface area contributed by atoms with Crippen LogP contribution in [0.1, 0.15) is 20.8 Å². The number of carbonyl (C=O) groups is 3. The van der Waals surface area contributed by atoms with Gasteiger partial charge < -0.3 is 14.2 Å². The number of esters is 2. The second-order valence-electron chi connectivity index (χ2n) is 6.39. The molecule has 2 fully saturated rings.